The molecule has 3 rings (SSSR count). The number of phosphoric ester groups is 1. The number of terminal acetylenes is 1. The van der Waals surface area contributed by atoms with Crippen LogP contribution in [-0.2, 0) is 31.6 Å². The van der Waals surface area contributed by atoms with Gasteiger partial charge in [0.2, 0.25) is 5.95 Å². The fourth-order valence-electron chi connectivity index (χ4n) is 2.75. The molecule has 0 amide bonds. The minimum absolute atomic E-state index is 0.332. The lowest BCUT2D eigenvalue weighted by molar-refractivity contribution is -0.0717. The normalized spacial score (nSPS) is 30.2. The SMILES string of the molecule is [2H]C([2H])(OP(=O)(O)OP(=O)(O)OP(=O)(O)O)[C@H]1O[C@@H](n2cnc3c(=O)[nH]c(N)nc32)C(O)(C#C)[C@H]1O. The molecule has 6 atom stereocenters. The maximum Gasteiger partial charge on any atom is 0.490 e. The van der Waals surface area contributed by atoms with Crippen LogP contribution in [0.2, 0.25) is 0 Å². The van der Waals surface area contributed by atoms with E-state index in [1.165, 1.54) is 0 Å². The summed E-state index contributed by atoms with van der Waals surface area (Å²) in [7, 11) is -17.8. The Kier molecular flexibility index (Phi) is 6.21. The van der Waals surface area contributed by atoms with Crippen molar-refractivity contribution in [2.24, 2.45) is 0 Å². The van der Waals surface area contributed by atoms with E-state index in [4.69, 9.17) is 29.4 Å². The van der Waals surface area contributed by atoms with Gasteiger partial charge in [0.25, 0.3) is 5.56 Å². The Morgan fingerprint density at radius 1 is 1.32 bits per heavy atom. The second-order valence-corrected chi connectivity index (χ2v) is 10.7. The molecule has 1 fully saturated rings. The Morgan fingerprint density at radius 2 is 1.97 bits per heavy atom. The first-order chi connectivity index (χ1) is 16.2. The Balaban J connectivity index is 1.95. The molecular weight excluding hydrogens is 531 g/mol. The van der Waals surface area contributed by atoms with Crippen LogP contribution in [0.25, 0.3) is 11.2 Å². The molecule has 0 bridgehead atoms. The van der Waals surface area contributed by atoms with Gasteiger partial charge in [0, 0.05) is 0 Å². The number of hydrogen-bond donors (Lipinski definition) is 8. The fourth-order valence-corrected chi connectivity index (χ4v) is 5.63. The number of nitrogens with one attached hydrogen (secondary N) is 1. The lowest BCUT2D eigenvalue weighted by Gasteiger charge is -2.26. The molecule has 34 heavy (non-hydrogen) atoms. The molecule has 0 aromatic carbocycles. The van der Waals surface area contributed by atoms with Gasteiger partial charge in [-0.15, -0.1) is 6.42 Å². The maximum absolute atomic E-state index is 12.1. The Bertz CT molecular complexity index is 1430. The van der Waals surface area contributed by atoms with Crippen LogP contribution in [-0.4, -0.2) is 73.7 Å². The quantitative estimate of drug-likeness (QED) is 0.126. The fraction of sp³-hybridized carbons (Fsp3) is 0.417. The predicted octanol–water partition coefficient (Wildman–Crippen LogP) is -2.33. The summed E-state index contributed by atoms with van der Waals surface area (Å²) in [6, 6.07) is 0. The molecule has 1 aliphatic heterocycles. The summed E-state index contributed by atoms with van der Waals surface area (Å²) in [5, 5.41) is 21.4. The van der Waals surface area contributed by atoms with Crippen LogP contribution in [0.5, 0.6) is 0 Å². The monoisotopic (exact) mass is 549 g/mol. The molecule has 2 aromatic rings. The first-order valence-electron chi connectivity index (χ1n) is 9.32. The van der Waals surface area contributed by atoms with Gasteiger partial charge in [0.1, 0.15) is 12.2 Å². The van der Waals surface area contributed by atoms with Crippen LogP contribution in [0.1, 0.15) is 8.97 Å². The molecule has 0 radical (unpaired) electrons. The number of nitrogens with two attached hydrogens (primary N) is 1. The van der Waals surface area contributed by atoms with E-state index in [0.717, 1.165) is 10.9 Å². The second-order valence-electron chi connectivity index (χ2n) is 6.40. The number of aromatic amines is 1. The van der Waals surface area contributed by atoms with E-state index >= 15 is 0 Å². The molecule has 0 saturated carbocycles. The topological polar surface area (TPSA) is 299 Å². The van der Waals surface area contributed by atoms with Gasteiger partial charge in [-0.3, -0.25) is 18.9 Å². The zero-order chi connectivity index (χ0) is 27.5. The Labute approximate surface area is 190 Å². The van der Waals surface area contributed by atoms with Crippen molar-refractivity contribution in [2.45, 2.75) is 24.0 Å². The molecule has 188 valence electrons. The highest BCUT2D eigenvalue weighted by Crippen LogP contribution is 2.66. The molecule has 2 aromatic heterocycles. The zero-order valence-corrected chi connectivity index (χ0v) is 18.8. The third-order valence-corrected chi connectivity index (χ3v) is 7.69. The number of aromatic nitrogens is 4. The number of fused-ring (bicyclic) bond motifs is 1. The van der Waals surface area contributed by atoms with Crippen molar-refractivity contribution < 1.29 is 64.1 Å². The third-order valence-electron chi connectivity index (χ3n) is 4.02. The van der Waals surface area contributed by atoms with Gasteiger partial charge >= 0.3 is 23.5 Å². The molecule has 1 saturated heterocycles. The molecule has 1 aliphatic rings. The average Bonchev–Trinajstić information content (AvgIpc) is 3.17. The highest BCUT2D eigenvalue weighted by molar-refractivity contribution is 7.66. The largest absolute Gasteiger partial charge is 0.490 e. The number of ether oxygens (including phenoxy) is 1. The molecule has 3 heterocycles. The van der Waals surface area contributed by atoms with E-state index in [-0.39, 0.29) is 11.2 Å². The van der Waals surface area contributed by atoms with Gasteiger partial charge in [-0.25, -0.2) is 18.7 Å². The number of imidazole rings is 1. The summed E-state index contributed by atoms with van der Waals surface area (Å²) >= 11 is 0. The van der Waals surface area contributed by atoms with Crippen molar-refractivity contribution in [2.75, 3.05) is 12.3 Å². The van der Waals surface area contributed by atoms with E-state index in [9.17, 15) is 38.5 Å². The van der Waals surface area contributed by atoms with E-state index in [2.05, 4.69) is 28.1 Å². The van der Waals surface area contributed by atoms with Crippen molar-refractivity contribution in [3.8, 4) is 12.3 Å². The maximum atomic E-state index is 12.1. The minimum Gasteiger partial charge on any atom is -0.386 e. The lowest BCUT2D eigenvalue weighted by Crippen LogP contribution is -2.45. The first kappa shape index (κ1) is 23.7. The summed E-state index contributed by atoms with van der Waals surface area (Å²) < 4.78 is 67.2. The van der Waals surface area contributed by atoms with Crippen molar-refractivity contribution >= 4 is 40.6 Å². The highest BCUT2D eigenvalue weighted by atomic mass is 31.3. The number of aliphatic hydroxyl groups excluding tert-OH is 1. The molecule has 0 spiro atoms. The van der Waals surface area contributed by atoms with Crippen molar-refractivity contribution in [1.82, 2.24) is 19.5 Å². The number of rotatable bonds is 8. The van der Waals surface area contributed by atoms with Gasteiger partial charge in [-0.2, -0.15) is 13.6 Å². The van der Waals surface area contributed by atoms with Crippen LogP contribution in [0.3, 0.4) is 0 Å². The molecule has 0 aliphatic carbocycles. The Morgan fingerprint density at radius 3 is 2.56 bits per heavy atom. The minimum atomic E-state index is -6.06. The smallest absolute Gasteiger partial charge is 0.386 e. The van der Waals surface area contributed by atoms with Crippen LogP contribution >= 0.6 is 23.5 Å². The molecular formula is C12H16N5O14P3. The second kappa shape index (κ2) is 8.90. The van der Waals surface area contributed by atoms with E-state index in [0.29, 0.717) is 0 Å². The van der Waals surface area contributed by atoms with Crippen LogP contribution in [0.4, 0.5) is 5.95 Å². The highest BCUT2D eigenvalue weighted by Gasteiger charge is 2.56. The number of phosphoric acid groups is 3. The molecule has 9 N–H and O–H groups in total. The van der Waals surface area contributed by atoms with Crippen molar-refractivity contribution in [3.63, 3.8) is 0 Å². The number of anilines is 1. The summed E-state index contributed by atoms with van der Waals surface area (Å²) in [4.78, 5) is 57.7. The third kappa shape index (κ3) is 5.46. The number of aliphatic hydroxyl groups is 2. The van der Waals surface area contributed by atoms with Crippen molar-refractivity contribution in [1.29, 1.82) is 0 Å². The van der Waals surface area contributed by atoms with E-state index in [1.54, 1.807) is 5.92 Å². The Hall–Kier alpha value is -2.00. The standard InChI is InChI=1S/C12H16N5O14P3/c1-2-12(20)7(18)5(3-28-33(24,25)31-34(26,27)30-32(21,22)23)29-10(12)17-4-14-6-8(17)15-11(13)16-9(6)19/h1,4-5,7,10,18,20H,3H2,(H,24,25)(H,26,27)(H2,21,22,23)(H3,13,15,16,19)/t5-,7+,10-,12?/m1/s1/i3D2. The van der Waals surface area contributed by atoms with Gasteiger partial charge in [0.15, 0.2) is 23.0 Å². The number of nitrogen functional groups attached to an aromatic ring is 1. The van der Waals surface area contributed by atoms with Crippen LogP contribution < -0.4 is 11.3 Å². The summed E-state index contributed by atoms with van der Waals surface area (Å²) in [5.74, 6) is 1.36. The van der Waals surface area contributed by atoms with Gasteiger partial charge < -0.3 is 40.3 Å². The summed E-state index contributed by atoms with van der Waals surface area (Å²) in [5.41, 5.74) is 1.16. The van der Waals surface area contributed by atoms with E-state index in [1.807, 2.05) is 0 Å². The van der Waals surface area contributed by atoms with Gasteiger partial charge in [-0.1, -0.05) is 5.92 Å². The summed E-state index contributed by atoms with van der Waals surface area (Å²) in [6.45, 7) is -3.67. The van der Waals surface area contributed by atoms with Crippen LogP contribution in [0.15, 0.2) is 11.1 Å². The van der Waals surface area contributed by atoms with E-state index < -0.39 is 65.6 Å². The molecule has 3 unspecified atom stereocenters. The first-order valence-corrected chi connectivity index (χ1v) is 12.8. The predicted molar refractivity (Wildman–Crippen MR) is 106 cm³/mol. The van der Waals surface area contributed by atoms with Gasteiger partial charge in [0.05, 0.1) is 15.6 Å². The van der Waals surface area contributed by atoms with Gasteiger partial charge in [-0.05, 0) is 0 Å². The number of hydrogen-bond acceptors (Lipinski definition) is 13. The zero-order valence-electron chi connectivity index (χ0n) is 18.1. The number of nitrogens with zero attached hydrogens (tertiary/aromatic N) is 3. The number of H-pyrrole nitrogens is 1. The summed E-state index contributed by atoms with van der Waals surface area (Å²) in [6.07, 6.45) is -0.715. The van der Waals surface area contributed by atoms with Crippen LogP contribution in [0, 0.1) is 12.3 Å². The molecule has 22 heteroatoms. The average molecular weight is 549 g/mol. The lowest BCUT2D eigenvalue weighted by atomic mass is 9.95. The van der Waals surface area contributed by atoms with Crippen molar-refractivity contribution in [3.05, 3.63) is 16.7 Å². The molecule has 19 nitrogen and oxygen atoms in total.